The Bertz CT molecular complexity index is 939. The van der Waals surface area contributed by atoms with Gasteiger partial charge in [0.05, 0.1) is 18.3 Å². The van der Waals surface area contributed by atoms with E-state index in [1.807, 2.05) is 6.07 Å². The van der Waals surface area contributed by atoms with Crippen molar-refractivity contribution >= 4 is 11.4 Å². The number of azo groups is 1. The largest absolute Gasteiger partial charge is 0.493 e. The van der Waals surface area contributed by atoms with Gasteiger partial charge in [0.15, 0.2) is 5.69 Å². The maximum absolute atomic E-state index is 13.0. The molecule has 1 aliphatic heterocycles. The van der Waals surface area contributed by atoms with Crippen molar-refractivity contribution in [2.24, 2.45) is 10.2 Å². The Hall–Kier alpha value is -3.05. The van der Waals surface area contributed by atoms with E-state index in [9.17, 15) is 19.6 Å². The van der Waals surface area contributed by atoms with E-state index in [1.165, 1.54) is 31.2 Å². The normalized spacial score (nSPS) is 16.9. The van der Waals surface area contributed by atoms with E-state index in [4.69, 9.17) is 4.74 Å². The Kier molecular flexibility index (Phi) is 5.09. The molecule has 1 aromatic carbocycles. The number of nitrogens with zero attached hydrogens (tertiary/aromatic N) is 4. The number of benzene rings is 1. The van der Waals surface area contributed by atoms with Gasteiger partial charge in [-0.2, -0.15) is 10.4 Å². The average Bonchev–Trinajstić information content (AvgIpc) is 3.14. The van der Waals surface area contributed by atoms with Crippen LogP contribution >= 0.6 is 0 Å². The molecule has 2 aromatic rings. The van der Waals surface area contributed by atoms with Crippen LogP contribution < -0.4 is 5.56 Å². The van der Waals surface area contributed by atoms with E-state index in [1.54, 1.807) is 0 Å². The Labute approximate surface area is 149 Å². The first kappa shape index (κ1) is 17.8. The third kappa shape index (κ3) is 3.48. The van der Waals surface area contributed by atoms with E-state index in [2.05, 4.69) is 10.2 Å². The number of hydrogen-bond donors (Lipinski definition) is 1. The van der Waals surface area contributed by atoms with E-state index < -0.39 is 17.3 Å². The average molecular weight is 356 g/mol. The number of hydrogen-bond acceptors (Lipinski definition) is 6. The third-order valence-electron chi connectivity index (χ3n) is 4.27. The Balaban J connectivity index is 2.04. The predicted octanol–water partition coefficient (Wildman–Crippen LogP) is 3.47. The second kappa shape index (κ2) is 7.45. The number of aromatic hydroxyl groups is 1. The lowest BCUT2D eigenvalue weighted by Gasteiger charge is -2.16. The van der Waals surface area contributed by atoms with Crippen molar-refractivity contribution in [2.75, 3.05) is 6.61 Å². The van der Waals surface area contributed by atoms with Gasteiger partial charge < -0.3 is 9.84 Å². The highest BCUT2D eigenvalue weighted by molar-refractivity contribution is 5.56. The molecular formula is C18H17FN4O3. The Morgan fingerprint density at radius 1 is 1.38 bits per heavy atom. The molecule has 8 heteroatoms. The minimum Gasteiger partial charge on any atom is -0.493 e. The van der Waals surface area contributed by atoms with E-state index in [0.717, 1.165) is 17.4 Å². The summed E-state index contributed by atoms with van der Waals surface area (Å²) in [7, 11) is 0. The second-order valence-electron chi connectivity index (χ2n) is 6.01. The third-order valence-corrected chi connectivity index (χ3v) is 4.27. The topological polar surface area (TPSA) is 100.0 Å². The fourth-order valence-electron chi connectivity index (χ4n) is 2.83. The van der Waals surface area contributed by atoms with Crippen LogP contribution in [0.1, 0.15) is 24.0 Å². The van der Waals surface area contributed by atoms with Crippen molar-refractivity contribution in [3.63, 3.8) is 0 Å². The van der Waals surface area contributed by atoms with E-state index >= 15 is 0 Å². The van der Waals surface area contributed by atoms with Crippen molar-refractivity contribution < 1.29 is 14.2 Å². The summed E-state index contributed by atoms with van der Waals surface area (Å²) >= 11 is 0. The fraction of sp³-hybridized carbons (Fsp3) is 0.333. The predicted molar refractivity (Wildman–Crippen MR) is 91.4 cm³/mol. The number of ether oxygens (including phenoxy) is 1. The van der Waals surface area contributed by atoms with Crippen LogP contribution in [0.4, 0.5) is 15.8 Å². The molecule has 0 spiro atoms. The van der Waals surface area contributed by atoms with Gasteiger partial charge in [0.2, 0.25) is 5.88 Å². The van der Waals surface area contributed by atoms with Gasteiger partial charge in [-0.05, 0) is 44.0 Å². The first-order valence-corrected chi connectivity index (χ1v) is 8.16. The van der Waals surface area contributed by atoms with Gasteiger partial charge in [-0.1, -0.05) is 0 Å². The minimum atomic E-state index is -0.555. The van der Waals surface area contributed by atoms with Crippen molar-refractivity contribution in [1.29, 1.82) is 5.26 Å². The van der Waals surface area contributed by atoms with Gasteiger partial charge in [0, 0.05) is 12.2 Å². The van der Waals surface area contributed by atoms with Crippen LogP contribution in [0.2, 0.25) is 0 Å². The molecule has 1 aliphatic rings. The summed E-state index contributed by atoms with van der Waals surface area (Å²) in [6, 6.07) is 7.20. The molecule has 2 heterocycles. The zero-order valence-corrected chi connectivity index (χ0v) is 14.1. The maximum Gasteiger partial charge on any atom is 0.281 e. The highest BCUT2D eigenvalue weighted by Crippen LogP contribution is 2.28. The molecule has 0 amide bonds. The molecule has 1 N–H and O–H groups in total. The van der Waals surface area contributed by atoms with Gasteiger partial charge in [0.1, 0.15) is 17.4 Å². The molecule has 0 radical (unpaired) electrons. The molecule has 1 fully saturated rings. The fourth-order valence-corrected chi connectivity index (χ4v) is 2.83. The summed E-state index contributed by atoms with van der Waals surface area (Å²) < 4.78 is 19.6. The highest BCUT2D eigenvalue weighted by atomic mass is 19.1. The summed E-state index contributed by atoms with van der Waals surface area (Å²) in [5.41, 5.74) is -0.0235. The molecule has 0 bridgehead atoms. The molecule has 0 saturated carbocycles. The molecule has 1 unspecified atom stereocenters. The lowest BCUT2D eigenvalue weighted by Crippen LogP contribution is -2.27. The molecular weight excluding hydrogens is 339 g/mol. The maximum atomic E-state index is 13.0. The summed E-state index contributed by atoms with van der Waals surface area (Å²) in [6.45, 7) is 2.27. The van der Waals surface area contributed by atoms with Gasteiger partial charge in [0.25, 0.3) is 5.56 Å². The Morgan fingerprint density at radius 2 is 2.12 bits per heavy atom. The monoisotopic (exact) mass is 356 g/mol. The van der Waals surface area contributed by atoms with Gasteiger partial charge in [-0.25, -0.2) is 4.39 Å². The molecule has 3 rings (SSSR count). The van der Waals surface area contributed by atoms with Crippen molar-refractivity contribution in [3.05, 3.63) is 51.6 Å². The van der Waals surface area contributed by atoms with E-state index in [0.29, 0.717) is 12.3 Å². The molecule has 134 valence electrons. The zero-order chi connectivity index (χ0) is 18.7. The number of rotatable bonds is 4. The van der Waals surface area contributed by atoms with Crippen LogP contribution in [0, 0.1) is 24.1 Å². The summed E-state index contributed by atoms with van der Waals surface area (Å²) in [5.74, 6) is -0.804. The lowest BCUT2D eigenvalue weighted by molar-refractivity contribution is 0.0939. The molecule has 0 aliphatic carbocycles. The first-order valence-electron chi connectivity index (χ1n) is 8.16. The van der Waals surface area contributed by atoms with Crippen LogP contribution in [0.5, 0.6) is 5.88 Å². The minimum absolute atomic E-state index is 0.0318. The van der Waals surface area contributed by atoms with Crippen LogP contribution in [-0.2, 0) is 11.3 Å². The second-order valence-corrected chi connectivity index (χ2v) is 6.01. The van der Waals surface area contributed by atoms with Gasteiger partial charge in [-0.15, -0.1) is 5.11 Å². The van der Waals surface area contributed by atoms with E-state index in [-0.39, 0.29) is 29.5 Å². The standard InChI is InChI=1S/C18H17FN4O3/c1-11-15(9-20)17(24)23(10-14-3-2-8-26-14)18(25)16(11)22-21-13-6-4-12(19)5-7-13/h4-7,14,24H,2-3,8,10H2,1H3. The van der Waals surface area contributed by atoms with Gasteiger partial charge in [-0.3, -0.25) is 9.36 Å². The van der Waals surface area contributed by atoms with Crippen molar-refractivity contribution in [3.8, 4) is 11.9 Å². The molecule has 1 aromatic heterocycles. The smallest absolute Gasteiger partial charge is 0.281 e. The van der Waals surface area contributed by atoms with Crippen LogP contribution in [-0.4, -0.2) is 22.4 Å². The van der Waals surface area contributed by atoms with Crippen LogP contribution in [0.3, 0.4) is 0 Å². The van der Waals surface area contributed by atoms with Crippen molar-refractivity contribution in [2.45, 2.75) is 32.4 Å². The summed E-state index contributed by atoms with van der Waals surface area (Å²) in [5, 5.41) is 27.6. The number of pyridine rings is 1. The first-order chi connectivity index (χ1) is 12.5. The number of aromatic nitrogens is 1. The molecule has 1 saturated heterocycles. The SMILES string of the molecule is Cc1c(C#N)c(O)n(CC2CCCO2)c(=O)c1N=Nc1ccc(F)cc1. The van der Waals surface area contributed by atoms with Gasteiger partial charge >= 0.3 is 0 Å². The molecule has 26 heavy (non-hydrogen) atoms. The Morgan fingerprint density at radius 3 is 2.73 bits per heavy atom. The molecule has 1 atom stereocenters. The molecule has 7 nitrogen and oxygen atoms in total. The zero-order valence-electron chi connectivity index (χ0n) is 14.1. The van der Waals surface area contributed by atoms with Crippen molar-refractivity contribution in [1.82, 2.24) is 4.57 Å². The summed E-state index contributed by atoms with van der Waals surface area (Å²) in [6.07, 6.45) is 1.46. The van der Waals surface area contributed by atoms with Crippen LogP contribution in [0.25, 0.3) is 0 Å². The quantitative estimate of drug-likeness (QED) is 0.848. The lowest BCUT2D eigenvalue weighted by atomic mass is 10.1. The van der Waals surface area contributed by atoms with Crippen LogP contribution in [0.15, 0.2) is 39.3 Å². The number of halogens is 1. The summed E-state index contributed by atoms with van der Waals surface area (Å²) in [4.78, 5) is 12.8. The highest BCUT2D eigenvalue weighted by Gasteiger charge is 2.23. The number of nitriles is 1.